The average Bonchev–Trinajstić information content (AvgIpc) is 2.96. The number of rotatable bonds is 4. The second-order valence-corrected chi connectivity index (χ2v) is 6.20. The van der Waals surface area contributed by atoms with E-state index in [1.807, 2.05) is 12.1 Å². The molecule has 1 saturated carbocycles. The lowest BCUT2D eigenvalue weighted by atomic mass is 10.3. The fourth-order valence-electron chi connectivity index (χ4n) is 2.20. The normalized spacial score (nSPS) is 21.2. The number of aromatic nitrogens is 2. The number of hydrogen-bond acceptors (Lipinski definition) is 4. The van der Waals surface area contributed by atoms with Crippen molar-refractivity contribution in [1.29, 1.82) is 0 Å². The van der Waals surface area contributed by atoms with Gasteiger partial charge >= 0.3 is 0 Å². The van der Waals surface area contributed by atoms with Crippen molar-refractivity contribution in [2.45, 2.75) is 25.9 Å². The molecule has 2 atom stereocenters. The van der Waals surface area contributed by atoms with Crippen LogP contribution < -0.4 is 0 Å². The molecule has 1 aliphatic carbocycles. The number of halogens is 2. The Kier molecular flexibility index (Phi) is 3.84. The van der Waals surface area contributed by atoms with E-state index in [1.165, 1.54) is 6.42 Å². The van der Waals surface area contributed by atoms with Crippen LogP contribution in [-0.2, 0) is 11.3 Å². The zero-order chi connectivity index (χ0) is 14.3. The van der Waals surface area contributed by atoms with Crippen molar-refractivity contribution in [3.8, 4) is 11.6 Å². The van der Waals surface area contributed by atoms with Gasteiger partial charge in [0.2, 0.25) is 0 Å². The second kappa shape index (κ2) is 5.47. The molecule has 106 valence electrons. The van der Waals surface area contributed by atoms with Crippen LogP contribution >= 0.6 is 27.5 Å². The van der Waals surface area contributed by atoms with Gasteiger partial charge in [0.05, 0.1) is 16.8 Å². The molecule has 0 spiro atoms. The minimum atomic E-state index is 0.361. The summed E-state index contributed by atoms with van der Waals surface area (Å²) >= 11 is 9.48. The molecule has 20 heavy (non-hydrogen) atoms. The summed E-state index contributed by atoms with van der Waals surface area (Å²) in [5.74, 6) is 3.37. The highest BCUT2D eigenvalue weighted by atomic mass is 79.9. The quantitative estimate of drug-likeness (QED) is 0.760. The van der Waals surface area contributed by atoms with Crippen LogP contribution in [-0.4, -0.2) is 17.1 Å². The number of hydrogen-bond donors (Lipinski definition) is 0. The smallest absolute Gasteiger partial charge is 0.197 e. The van der Waals surface area contributed by atoms with Gasteiger partial charge in [-0.25, -0.2) is 9.97 Å². The molecular weight excluding hydrogens is 344 g/mol. The van der Waals surface area contributed by atoms with Crippen LogP contribution in [0.15, 0.2) is 21.0 Å². The Morgan fingerprint density at radius 3 is 2.85 bits per heavy atom. The van der Waals surface area contributed by atoms with Crippen molar-refractivity contribution in [2.75, 3.05) is 7.11 Å². The van der Waals surface area contributed by atoms with E-state index in [-0.39, 0.29) is 0 Å². The van der Waals surface area contributed by atoms with E-state index in [1.54, 1.807) is 7.11 Å². The van der Waals surface area contributed by atoms with Gasteiger partial charge in [0.1, 0.15) is 10.9 Å². The fraction of sp³-hybridized carbons (Fsp3) is 0.429. The maximum Gasteiger partial charge on any atom is 0.197 e. The zero-order valence-corrected chi connectivity index (χ0v) is 13.5. The van der Waals surface area contributed by atoms with Crippen LogP contribution in [0.5, 0.6) is 0 Å². The lowest BCUT2D eigenvalue weighted by molar-refractivity contribution is 0.181. The van der Waals surface area contributed by atoms with E-state index in [0.29, 0.717) is 45.3 Å². The first-order chi connectivity index (χ1) is 9.60. The monoisotopic (exact) mass is 356 g/mol. The summed E-state index contributed by atoms with van der Waals surface area (Å²) in [6.07, 6.45) is 1.18. The molecule has 0 aliphatic heterocycles. The van der Waals surface area contributed by atoms with Crippen molar-refractivity contribution >= 4 is 27.5 Å². The molecule has 1 aliphatic rings. The average molecular weight is 358 g/mol. The Hall–Kier alpha value is -0.910. The summed E-state index contributed by atoms with van der Waals surface area (Å²) < 4.78 is 11.6. The Labute approximate surface area is 130 Å². The van der Waals surface area contributed by atoms with Gasteiger partial charge in [-0.05, 0) is 40.4 Å². The Bertz CT molecular complexity index is 644. The summed E-state index contributed by atoms with van der Waals surface area (Å²) in [4.78, 5) is 8.70. The maximum atomic E-state index is 6.11. The first kappa shape index (κ1) is 14.0. The molecule has 0 bridgehead atoms. The third kappa shape index (κ3) is 2.62. The van der Waals surface area contributed by atoms with E-state index in [4.69, 9.17) is 20.8 Å². The van der Waals surface area contributed by atoms with Crippen molar-refractivity contribution in [1.82, 2.24) is 9.97 Å². The lowest BCUT2D eigenvalue weighted by Gasteiger charge is -2.06. The van der Waals surface area contributed by atoms with Gasteiger partial charge < -0.3 is 9.15 Å². The maximum absolute atomic E-state index is 6.11. The van der Waals surface area contributed by atoms with Crippen LogP contribution in [0, 0.1) is 5.92 Å². The molecule has 3 rings (SSSR count). The van der Waals surface area contributed by atoms with E-state index in [0.717, 1.165) is 5.76 Å². The molecule has 0 saturated heterocycles. The predicted molar refractivity (Wildman–Crippen MR) is 79.7 cm³/mol. The van der Waals surface area contributed by atoms with Gasteiger partial charge in [-0.15, -0.1) is 0 Å². The Morgan fingerprint density at radius 2 is 2.20 bits per heavy atom. The molecule has 6 heteroatoms. The summed E-state index contributed by atoms with van der Waals surface area (Å²) in [7, 11) is 1.61. The molecule has 2 unspecified atom stereocenters. The molecule has 0 amide bonds. The molecule has 0 N–H and O–H groups in total. The number of furan rings is 1. The third-order valence-corrected chi connectivity index (χ3v) is 4.82. The van der Waals surface area contributed by atoms with Gasteiger partial charge in [0.15, 0.2) is 11.6 Å². The standard InChI is InChI=1S/C14H14BrClN2O2/c1-7-5-8(7)10-3-4-11(20-10)14-17-9(6-19-2)12(15)13(16)18-14/h3-4,7-8H,5-6H2,1-2H3. The van der Waals surface area contributed by atoms with E-state index in [2.05, 4.69) is 32.8 Å². The molecule has 4 nitrogen and oxygen atoms in total. The predicted octanol–water partition coefficient (Wildman–Crippen LogP) is 4.42. The SMILES string of the molecule is COCc1nc(-c2ccc(C3CC3C)o2)nc(Cl)c1Br. The summed E-state index contributed by atoms with van der Waals surface area (Å²) in [5, 5.41) is 0.361. The van der Waals surface area contributed by atoms with Gasteiger partial charge in [0.25, 0.3) is 0 Å². The van der Waals surface area contributed by atoms with Crippen molar-refractivity contribution < 1.29 is 9.15 Å². The Morgan fingerprint density at radius 1 is 1.45 bits per heavy atom. The molecule has 0 radical (unpaired) electrons. The summed E-state index contributed by atoms with van der Waals surface area (Å²) in [5.41, 5.74) is 0.709. The molecule has 2 aromatic heterocycles. The van der Waals surface area contributed by atoms with E-state index in [9.17, 15) is 0 Å². The lowest BCUT2D eigenvalue weighted by Crippen LogP contribution is -1.99. The largest absolute Gasteiger partial charge is 0.457 e. The van der Waals surface area contributed by atoms with Crippen molar-refractivity contribution in [3.05, 3.63) is 33.2 Å². The van der Waals surface area contributed by atoms with Crippen molar-refractivity contribution in [2.24, 2.45) is 5.92 Å². The highest BCUT2D eigenvalue weighted by Gasteiger charge is 2.36. The zero-order valence-electron chi connectivity index (χ0n) is 11.2. The van der Waals surface area contributed by atoms with Gasteiger partial charge in [0, 0.05) is 13.0 Å². The minimum absolute atomic E-state index is 0.361. The molecule has 2 heterocycles. The molecule has 1 fully saturated rings. The topological polar surface area (TPSA) is 48.2 Å². The number of nitrogens with zero attached hydrogens (tertiary/aromatic N) is 2. The van der Waals surface area contributed by atoms with Crippen LogP contribution in [0.2, 0.25) is 5.15 Å². The molecule has 2 aromatic rings. The number of methoxy groups -OCH3 is 1. The van der Waals surface area contributed by atoms with Crippen LogP contribution in [0.25, 0.3) is 11.6 Å². The van der Waals surface area contributed by atoms with Gasteiger partial charge in [-0.2, -0.15) is 0 Å². The van der Waals surface area contributed by atoms with Crippen molar-refractivity contribution in [3.63, 3.8) is 0 Å². The molecular formula is C14H14BrClN2O2. The molecule has 0 aromatic carbocycles. The van der Waals surface area contributed by atoms with Crippen LogP contribution in [0.3, 0.4) is 0 Å². The van der Waals surface area contributed by atoms with Gasteiger partial charge in [-0.1, -0.05) is 18.5 Å². The van der Waals surface area contributed by atoms with Gasteiger partial charge in [-0.3, -0.25) is 0 Å². The Balaban J connectivity index is 1.95. The van der Waals surface area contributed by atoms with Crippen LogP contribution in [0.4, 0.5) is 0 Å². The highest BCUT2D eigenvalue weighted by molar-refractivity contribution is 9.10. The first-order valence-corrected chi connectivity index (χ1v) is 7.58. The second-order valence-electron chi connectivity index (χ2n) is 5.05. The van der Waals surface area contributed by atoms with E-state index < -0.39 is 0 Å². The first-order valence-electron chi connectivity index (χ1n) is 6.41. The summed E-state index contributed by atoms with van der Waals surface area (Å²) in [6.45, 7) is 2.58. The highest BCUT2D eigenvalue weighted by Crippen LogP contribution is 2.47. The third-order valence-electron chi connectivity index (χ3n) is 3.48. The number of ether oxygens (including phenoxy) is 1. The fourth-order valence-corrected chi connectivity index (χ4v) is 2.68. The minimum Gasteiger partial charge on any atom is -0.457 e. The van der Waals surface area contributed by atoms with E-state index >= 15 is 0 Å². The van der Waals surface area contributed by atoms with Crippen LogP contribution in [0.1, 0.15) is 30.7 Å². The summed E-state index contributed by atoms with van der Waals surface area (Å²) in [6, 6.07) is 3.90.